The fraction of sp³-hybridized carbons (Fsp3) is 0.696. The third kappa shape index (κ3) is 1.53. The average Bonchev–Trinajstić information content (AvgIpc) is 3.07. The van der Waals surface area contributed by atoms with Crippen molar-refractivity contribution in [3.63, 3.8) is 0 Å². The number of carbonyl (C=O) groups excluding carboxylic acids is 1. The molecular weight excluding hydrogens is 354 g/mol. The summed E-state index contributed by atoms with van der Waals surface area (Å²) in [5.41, 5.74) is 2.25. The van der Waals surface area contributed by atoms with Gasteiger partial charge in [-0.25, -0.2) is 0 Å². The van der Waals surface area contributed by atoms with Crippen LogP contribution >= 0.6 is 0 Å². The molecular formula is C23H29NO4. The number of methoxy groups -OCH3 is 2. The molecule has 1 aromatic carbocycles. The highest BCUT2D eigenvalue weighted by Gasteiger charge is 2.80. The molecule has 6 atom stereocenters. The largest absolute Gasteiger partial charge is 0.493 e. The maximum atomic E-state index is 12.8. The maximum absolute atomic E-state index is 12.8. The van der Waals surface area contributed by atoms with E-state index < -0.39 is 5.60 Å². The first kappa shape index (κ1) is 17.3. The van der Waals surface area contributed by atoms with E-state index in [0.717, 1.165) is 50.1 Å². The Bertz CT molecular complexity index is 899. The van der Waals surface area contributed by atoms with E-state index in [2.05, 4.69) is 24.1 Å². The van der Waals surface area contributed by atoms with Gasteiger partial charge in [0.1, 0.15) is 17.5 Å². The lowest BCUT2D eigenvalue weighted by molar-refractivity contribution is -0.270. The monoisotopic (exact) mass is 383 g/mol. The number of fused-ring (bicyclic) bond motifs is 2. The minimum atomic E-state index is -0.535. The Kier molecular flexibility index (Phi) is 3.16. The lowest BCUT2D eigenvalue weighted by atomic mass is 9.34. The van der Waals surface area contributed by atoms with E-state index in [4.69, 9.17) is 14.2 Å². The Labute approximate surface area is 166 Å². The molecule has 4 aliphatic carbocycles. The van der Waals surface area contributed by atoms with Crippen molar-refractivity contribution in [3.05, 3.63) is 23.3 Å². The van der Waals surface area contributed by atoms with Gasteiger partial charge >= 0.3 is 0 Å². The normalized spacial score (nSPS) is 44.8. The summed E-state index contributed by atoms with van der Waals surface area (Å²) in [6, 6.07) is 4.75. The number of hydrogen-bond acceptors (Lipinski definition) is 5. The summed E-state index contributed by atoms with van der Waals surface area (Å²) in [4.78, 5) is 15.4. The molecule has 1 aromatic rings. The second-order valence-electron chi connectivity index (χ2n) is 9.73. The van der Waals surface area contributed by atoms with Crippen molar-refractivity contribution in [2.45, 2.75) is 62.2 Å². The summed E-state index contributed by atoms with van der Waals surface area (Å²) in [5.74, 6) is 1.89. The molecule has 5 heteroatoms. The smallest absolute Gasteiger partial charge is 0.165 e. The van der Waals surface area contributed by atoms with Gasteiger partial charge < -0.3 is 19.1 Å². The van der Waals surface area contributed by atoms with Crippen LogP contribution in [0.5, 0.6) is 11.5 Å². The molecule has 150 valence electrons. The van der Waals surface area contributed by atoms with Crippen LogP contribution in [0.2, 0.25) is 0 Å². The van der Waals surface area contributed by atoms with Gasteiger partial charge in [-0.15, -0.1) is 0 Å². The van der Waals surface area contributed by atoms with Gasteiger partial charge in [-0.1, -0.05) is 6.07 Å². The third-order valence-corrected chi connectivity index (χ3v) is 9.32. The molecule has 2 heterocycles. The highest BCUT2D eigenvalue weighted by molar-refractivity contribution is 5.81. The van der Waals surface area contributed by atoms with Gasteiger partial charge in [0.25, 0.3) is 0 Å². The van der Waals surface area contributed by atoms with E-state index >= 15 is 0 Å². The maximum Gasteiger partial charge on any atom is 0.165 e. The zero-order valence-corrected chi connectivity index (χ0v) is 17.2. The Hall–Kier alpha value is -1.59. The van der Waals surface area contributed by atoms with Gasteiger partial charge in [0.2, 0.25) is 0 Å². The van der Waals surface area contributed by atoms with Gasteiger partial charge in [0.05, 0.1) is 13.0 Å². The average molecular weight is 383 g/mol. The summed E-state index contributed by atoms with van der Waals surface area (Å²) < 4.78 is 18.8. The lowest BCUT2D eigenvalue weighted by Crippen LogP contribution is -2.81. The number of ether oxygens (including phenoxy) is 3. The van der Waals surface area contributed by atoms with Gasteiger partial charge in [0.15, 0.2) is 11.5 Å². The number of hydrogen-bond donors (Lipinski definition) is 0. The highest BCUT2D eigenvalue weighted by Crippen LogP contribution is 2.76. The number of benzene rings is 1. The van der Waals surface area contributed by atoms with Crippen molar-refractivity contribution in [2.24, 2.45) is 11.3 Å². The van der Waals surface area contributed by atoms with E-state index in [9.17, 15) is 4.79 Å². The summed E-state index contributed by atoms with van der Waals surface area (Å²) in [6.45, 7) is 2.80. The molecule has 2 spiro atoms. The van der Waals surface area contributed by atoms with Gasteiger partial charge in [-0.2, -0.15) is 0 Å². The first-order chi connectivity index (χ1) is 13.4. The van der Waals surface area contributed by atoms with E-state index in [1.165, 1.54) is 11.1 Å². The number of piperidine rings is 1. The van der Waals surface area contributed by atoms with E-state index in [0.29, 0.717) is 6.04 Å². The van der Waals surface area contributed by atoms with Crippen LogP contribution in [0.1, 0.15) is 43.7 Å². The number of Topliss-reactive ketones (excluding diaryl/α,β-unsaturated/α-hetero) is 1. The highest BCUT2D eigenvalue weighted by atomic mass is 16.6. The number of likely N-dealkylation sites (N-methyl/N-ethyl adjacent to an activating group) is 1. The fourth-order valence-corrected chi connectivity index (χ4v) is 8.30. The standard InChI is InChI=1S/C23H29NO4/c1-13(25)15-12-21-7-8-23(15,27-4)20-22(21)9-10-24(2)17(21)11-14-5-6-16(26-3)19(28-20)18(14)22/h5-6,15,17,20H,7-12H2,1-4H3/t15-,17?,20-,21-,22?,23-/m1/s1. The van der Waals surface area contributed by atoms with E-state index in [-0.39, 0.29) is 28.6 Å². The second-order valence-corrected chi connectivity index (χ2v) is 9.73. The second kappa shape index (κ2) is 5.11. The first-order valence-electron chi connectivity index (χ1n) is 10.6. The lowest BCUT2D eigenvalue weighted by Gasteiger charge is -2.73. The van der Waals surface area contributed by atoms with Gasteiger partial charge in [0, 0.05) is 29.5 Å². The molecule has 0 N–H and O–H groups in total. The van der Waals surface area contributed by atoms with Crippen molar-refractivity contribution in [1.82, 2.24) is 4.90 Å². The van der Waals surface area contributed by atoms with Crippen LogP contribution in [0, 0.1) is 11.3 Å². The van der Waals surface area contributed by atoms with Crippen molar-refractivity contribution in [2.75, 3.05) is 27.8 Å². The first-order valence-corrected chi connectivity index (χ1v) is 10.6. The zero-order chi connectivity index (χ0) is 19.5. The van der Waals surface area contributed by atoms with Crippen LogP contribution < -0.4 is 9.47 Å². The molecule has 3 saturated carbocycles. The number of likely N-dealkylation sites (tertiary alicyclic amines) is 1. The number of nitrogens with zero attached hydrogens (tertiary/aromatic N) is 1. The molecule has 4 bridgehead atoms. The number of ketones is 1. The summed E-state index contributed by atoms with van der Waals surface area (Å²) in [6.07, 6.45) is 4.91. The topological polar surface area (TPSA) is 48.0 Å². The molecule has 4 fully saturated rings. The predicted octanol–water partition coefficient (Wildman–Crippen LogP) is 2.73. The zero-order valence-electron chi connectivity index (χ0n) is 17.2. The summed E-state index contributed by atoms with van der Waals surface area (Å²) >= 11 is 0. The van der Waals surface area contributed by atoms with Crippen molar-refractivity contribution >= 4 is 5.78 Å². The van der Waals surface area contributed by atoms with Crippen LogP contribution in [-0.4, -0.2) is 56.2 Å². The number of carbonyl (C=O) groups is 1. The van der Waals surface area contributed by atoms with Crippen LogP contribution in [0.25, 0.3) is 0 Å². The molecule has 2 aliphatic heterocycles. The van der Waals surface area contributed by atoms with Gasteiger partial charge in [-0.05, 0) is 64.3 Å². The minimum Gasteiger partial charge on any atom is -0.493 e. The Morgan fingerprint density at radius 1 is 1.25 bits per heavy atom. The van der Waals surface area contributed by atoms with Crippen LogP contribution in [-0.2, 0) is 21.4 Å². The molecule has 0 aromatic heterocycles. The summed E-state index contributed by atoms with van der Waals surface area (Å²) in [5, 5.41) is 0. The van der Waals surface area contributed by atoms with Crippen molar-refractivity contribution in [1.29, 1.82) is 0 Å². The number of rotatable bonds is 3. The van der Waals surface area contributed by atoms with Crippen molar-refractivity contribution < 1.29 is 19.0 Å². The third-order valence-electron chi connectivity index (χ3n) is 9.32. The molecule has 7 rings (SSSR count). The molecule has 28 heavy (non-hydrogen) atoms. The van der Waals surface area contributed by atoms with Crippen LogP contribution in [0.15, 0.2) is 12.1 Å². The molecule has 5 nitrogen and oxygen atoms in total. The Balaban J connectivity index is 1.69. The minimum absolute atomic E-state index is 0.0676. The van der Waals surface area contributed by atoms with E-state index in [1.54, 1.807) is 21.1 Å². The molecule has 0 radical (unpaired) electrons. The van der Waals surface area contributed by atoms with Crippen LogP contribution in [0.3, 0.4) is 0 Å². The fourth-order valence-electron chi connectivity index (χ4n) is 8.30. The molecule has 0 amide bonds. The Morgan fingerprint density at radius 2 is 2.07 bits per heavy atom. The van der Waals surface area contributed by atoms with Crippen LogP contribution in [0.4, 0.5) is 0 Å². The molecule has 2 unspecified atom stereocenters. The predicted molar refractivity (Wildman–Crippen MR) is 104 cm³/mol. The molecule has 1 saturated heterocycles. The molecule has 6 aliphatic rings. The quantitative estimate of drug-likeness (QED) is 0.803. The van der Waals surface area contributed by atoms with E-state index in [1.807, 2.05) is 0 Å². The Morgan fingerprint density at radius 3 is 2.79 bits per heavy atom. The summed E-state index contributed by atoms with van der Waals surface area (Å²) in [7, 11) is 5.77. The van der Waals surface area contributed by atoms with Crippen molar-refractivity contribution in [3.8, 4) is 11.5 Å². The van der Waals surface area contributed by atoms with Gasteiger partial charge in [-0.3, -0.25) is 4.79 Å². The SMILES string of the molecule is COc1ccc2c3c1O[C@@H]1C34CCN(C)C(C2)[C@]42CC[C@@]1(OC)[C@@H](C(C)=O)C2.